The summed E-state index contributed by atoms with van der Waals surface area (Å²) in [6.45, 7) is 4.36. The highest BCUT2D eigenvalue weighted by Crippen LogP contribution is 2.06. The summed E-state index contributed by atoms with van der Waals surface area (Å²) in [7, 11) is 0. The molecule has 0 unspecified atom stereocenters. The number of nitrogens with one attached hydrogen (secondary N) is 2. The van der Waals surface area contributed by atoms with Gasteiger partial charge in [0.15, 0.2) is 5.11 Å². The highest BCUT2D eigenvalue weighted by molar-refractivity contribution is 7.80. The Bertz CT molecular complexity index is 638. The number of tetrazole rings is 1. The number of nitrogens with zero attached hydrogens (tertiary/aromatic N) is 4. The van der Waals surface area contributed by atoms with Crippen LogP contribution in [0.4, 0.5) is 5.95 Å². The topological polar surface area (TPSA) is 84.7 Å². The van der Waals surface area contributed by atoms with E-state index in [4.69, 9.17) is 12.2 Å². The molecule has 1 amide bonds. The van der Waals surface area contributed by atoms with E-state index in [0.29, 0.717) is 12.1 Å². The van der Waals surface area contributed by atoms with Crippen molar-refractivity contribution in [2.75, 3.05) is 5.32 Å². The highest BCUT2D eigenvalue weighted by atomic mass is 32.1. The van der Waals surface area contributed by atoms with E-state index in [0.717, 1.165) is 5.56 Å². The number of benzene rings is 1. The molecule has 2 aromatic rings. The molecule has 20 heavy (non-hydrogen) atoms. The largest absolute Gasteiger partial charge is 0.299 e. The second-order valence-electron chi connectivity index (χ2n) is 4.02. The van der Waals surface area contributed by atoms with Gasteiger partial charge in [0, 0.05) is 5.56 Å². The maximum Gasteiger partial charge on any atom is 0.269 e. The van der Waals surface area contributed by atoms with Crippen LogP contribution in [-0.4, -0.2) is 31.2 Å². The van der Waals surface area contributed by atoms with Crippen LogP contribution in [0.15, 0.2) is 24.3 Å². The van der Waals surface area contributed by atoms with E-state index in [1.54, 1.807) is 12.1 Å². The zero-order valence-electron chi connectivity index (χ0n) is 11.1. The Kier molecular flexibility index (Phi) is 4.36. The summed E-state index contributed by atoms with van der Waals surface area (Å²) in [5.41, 5.74) is 1.45. The normalized spacial score (nSPS) is 10.1. The average molecular weight is 290 g/mol. The molecule has 0 radical (unpaired) electrons. The van der Waals surface area contributed by atoms with Gasteiger partial charge >= 0.3 is 0 Å². The quantitative estimate of drug-likeness (QED) is 0.824. The van der Waals surface area contributed by atoms with Gasteiger partial charge in [-0.1, -0.05) is 23.3 Å². The van der Waals surface area contributed by atoms with Gasteiger partial charge < -0.3 is 0 Å². The summed E-state index contributed by atoms with van der Waals surface area (Å²) in [5.74, 6) is -0.0228. The van der Waals surface area contributed by atoms with E-state index in [1.807, 2.05) is 26.0 Å². The van der Waals surface area contributed by atoms with Crippen LogP contribution in [0.1, 0.15) is 22.8 Å². The van der Waals surface area contributed by atoms with Gasteiger partial charge in [0.2, 0.25) is 0 Å². The van der Waals surface area contributed by atoms with Crippen LogP contribution in [0.2, 0.25) is 0 Å². The third kappa shape index (κ3) is 3.35. The SMILES string of the molecule is CCn1nnc(NC(=S)NC(=O)c2ccccc2C)n1. The van der Waals surface area contributed by atoms with Crippen molar-refractivity contribution in [1.29, 1.82) is 0 Å². The summed E-state index contributed by atoms with van der Waals surface area (Å²) in [6, 6.07) is 7.26. The van der Waals surface area contributed by atoms with Crippen LogP contribution in [0, 0.1) is 6.92 Å². The number of thiocarbonyl (C=S) groups is 1. The molecule has 104 valence electrons. The Labute approximate surface area is 121 Å². The lowest BCUT2D eigenvalue weighted by atomic mass is 10.1. The molecule has 0 aliphatic carbocycles. The smallest absolute Gasteiger partial charge is 0.269 e. The molecule has 8 heteroatoms. The van der Waals surface area contributed by atoms with Gasteiger partial charge in [-0.25, -0.2) is 0 Å². The van der Waals surface area contributed by atoms with Crippen LogP contribution < -0.4 is 10.6 Å². The van der Waals surface area contributed by atoms with Crippen molar-refractivity contribution in [3.63, 3.8) is 0 Å². The number of carbonyl (C=O) groups excluding carboxylic acids is 1. The second kappa shape index (κ2) is 6.20. The van der Waals surface area contributed by atoms with E-state index >= 15 is 0 Å². The van der Waals surface area contributed by atoms with Crippen LogP contribution in [0.5, 0.6) is 0 Å². The molecule has 0 atom stereocenters. The molecule has 1 heterocycles. The number of rotatable bonds is 3. The molecule has 0 aliphatic heterocycles. The molecule has 0 fully saturated rings. The van der Waals surface area contributed by atoms with E-state index in [9.17, 15) is 4.79 Å². The van der Waals surface area contributed by atoms with Crippen molar-refractivity contribution < 1.29 is 4.79 Å². The lowest BCUT2D eigenvalue weighted by Gasteiger charge is -2.08. The molecule has 0 spiro atoms. The number of anilines is 1. The molecule has 0 bridgehead atoms. The van der Waals surface area contributed by atoms with E-state index in [-0.39, 0.29) is 17.0 Å². The third-order valence-electron chi connectivity index (χ3n) is 2.58. The van der Waals surface area contributed by atoms with Gasteiger partial charge in [-0.15, -0.1) is 5.10 Å². The van der Waals surface area contributed by atoms with Crippen LogP contribution in [0.25, 0.3) is 0 Å². The summed E-state index contributed by atoms with van der Waals surface area (Å²) in [6.07, 6.45) is 0. The van der Waals surface area contributed by atoms with E-state index < -0.39 is 0 Å². The predicted molar refractivity (Wildman–Crippen MR) is 78.4 cm³/mol. The molecule has 1 aromatic heterocycles. The van der Waals surface area contributed by atoms with Crippen LogP contribution in [0.3, 0.4) is 0 Å². The predicted octanol–water partition coefficient (Wildman–Crippen LogP) is 1.13. The lowest BCUT2D eigenvalue weighted by Crippen LogP contribution is -2.34. The minimum atomic E-state index is -0.275. The van der Waals surface area contributed by atoms with Gasteiger partial charge in [-0.05, 0) is 42.9 Å². The number of carbonyl (C=O) groups is 1. The first-order valence-corrected chi connectivity index (χ1v) is 6.46. The fourth-order valence-electron chi connectivity index (χ4n) is 1.56. The van der Waals surface area contributed by atoms with Crippen LogP contribution in [-0.2, 0) is 6.54 Å². The van der Waals surface area contributed by atoms with Crippen molar-refractivity contribution in [1.82, 2.24) is 25.5 Å². The van der Waals surface area contributed by atoms with Crippen molar-refractivity contribution in [2.24, 2.45) is 0 Å². The Hall–Kier alpha value is -2.35. The first kappa shape index (κ1) is 14.1. The molecule has 0 saturated heterocycles. The number of hydrogen-bond acceptors (Lipinski definition) is 5. The lowest BCUT2D eigenvalue weighted by molar-refractivity contribution is 0.0977. The zero-order valence-corrected chi connectivity index (χ0v) is 11.9. The second-order valence-corrected chi connectivity index (χ2v) is 4.43. The minimum absolute atomic E-state index is 0.133. The summed E-state index contributed by atoms with van der Waals surface area (Å²) in [5, 5.41) is 17.0. The van der Waals surface area contributed by atoms with Crippen molar-refractivity contribution in [3.8, 4) is 0 Å². The van der Waals surface area contributed by atoms with E-state index in [2.05, 4.69) is 26.0 Å². The Morgan fingerprint density at radius 2 is 2.15 bits per heavy atom. The monoisotopic (exact) mass is 290 g/mol. The molecule has 7 nitrogen and oxygen atoms in total. The summed E-state index contributed by atoms with van der Waals surface area (Å²) < 4.78 is 0. The zero-order chi connectivity index (χ0) is 14.5. The number of aromatic nitrogens is 4. The first-order chi connectivity index (χ1) is 9.60. The van der Waals surface area contributed by atoms with Gasteiger partial charge in [0.25, 0.3) is 11.9 Å². The standard InChI is InChI=1S/C12H14N6OS/c1-3-18-16-11(15-17-18)14-12(20)13-10(19)9-7-5-4-6-8(9)2/h4-7H,3H2,1-2H3,(H2,13,14,16,19,20). The maximum absolute atomic E-state index is 12.0. The molecular formula is C12H14N6OS. The highest BCUT2D eigenvalue weighted by Gasteiger charge is 2.11. The maximum atomic E-state index is 12.0. The molecule has 1 aromatic carbocycles. The molecule has 0 saturated carbocycles. The van der Waals surface area contributed by atoms with Gasteiger partial charge in [-0.2, -0.15) is 4.80 Å². The molecule has 0 aliphatic rings. The fraction of sp³-hybridized carbons (Fsp3) is 0.250. The third-order valence-corrected chi connectivity index (χ3v) is 2.78. The number of hydrogen-bond donors (Lipinski definition) is 2. The fourth-order valence-corrected chi connectivity index (χ4v) is 1.74. The van der Waals surface area contributed by atoms with Gasteiger partial charge in [0.05, 0.1) is 6.54 Å². The van der Waals surface area contributed by atoms with Crippen molar-refractivity contribution >= 4 is 29.2 Å². The van der Waals surface area contributed by atoms with E-state index in [1.165, 1.54) is 4.80 Å². The minimum Gasteiger partial charge on any atom is -0.299 e. The Morgan fingerprint density at radius 3 is 2.80 bits per heavy atom. The number of amides is 1. The molecule has 2 rings (SSSR count). The average Bonchev–Trinajstić information content (AvgIpc) is 2.86. The van der Waals surface area contributed by atoms with Gasteiger partial charge in [0.1, 0.15) is 0 Å². The molecule has 2 N–H and O–H groups in total. The molecular weight excluding hydrogens is 276 g/mol. The van der Waals surface area contributed by atoms with Crippen LogP contribution >= 0.6 is 12.2 Å². The summed E-state index contributed by atoms with van der Waals surface area (Å²) >= 11 is 5.04. The van der Waals surface area contributed by atoms with Crippen molar-refractivity contribution in [2.45, 2.75) is 20.4 Å². The van der Waals surface area contributed by atoms with Gasteiger partial charge in [-0.3, -0.25) is 15.4 Å². The Balaban J connectivity index is 1.98. The van der Waals surface area contributed by atoms with Crippen molar-refractivity contribution in [3.05, 3.63) is 35.4 Å². The summed E-state index contributed by atoms with van der Waals surface area (Å²) in [4.78, 5) is 13.4. The first-order valence-electron chi connectivity index (χ1n) is 6.06. The Morgan fingerprint density at radius 1 is 1.40 bits per heavy atom. The number of aryl methyl sites for hydroxylation is 2.